The smallest absolute Gasteiger partial charge is 0.481 e. The Kier molecular flexibility index (Phi) is 9.60. The Hall–Kier alpha value is -0.830. The van der Waals surface area contributed by atoms with Gasteiger partial charge < -0.3 is 5.11 Å². The van der Waals surface area contributed by atoms with Gasteiger partial charge in [0, 0.05) is 6.42 Å². The van der Waals surface area contributed by atoms with Crippen LogP contribution in [0, 0.1) is 0 Å². The molecule has 0 saturated carbocycles. The van der Waals surface area contributed by atoms with Crippen LogP contribution >= 0.6 is 0 Å². The van der Waals surface area contributed by atoms with Crippen molar-refractivity contribution in [3.05, 3.63) is 0 Å². The van der Waals surface area contributed by atoms with E-state index >= 15 is 0 Å². The van der Waals surface area contributed by atoms with Crippen molar-refractivity contribution in [2.75, 3.05) is 6.61 Å². The number of carboxylic acid groups (broad SMARTS) is 1. The molecule has 0 radical (unpaired) electrons. The fourth-order valence-electron chi connectivity index (χ4n) is 1.67. The highest BCUT2D eigenvalue weighted by Crippen LogP contribution is 2.24. The number of halogens is 3. The van der Waals surface area contributed by atoms with Gasteiger partial charge in [0.25, 0.3) is 0 Å². The predicted molar refractivity (Wildman–Crippen MR) is 70.1 cm³/mol. The number of carboxylic acids is 1. The van der Waals surface area contributed by atoms with E-state index in [9.17, 15) is 26.4 Å². The molecule has 5 nitrogen and oxygen atoms in total. The molecular formula is C12H21F3O5S. The van der Waals surface area contributed by atoms with Gasteiger partial charge in [0.2, 0.25) is 0 Å². The Morgan fingerprint density at radius 3 is 1.76 bits per heavy atom. The third kappa shape index (κ3) is 10.5. The maximum Gasteiger partial charge on any atom is 0.523 e. The van der Waals surface area contributed by atoms with Gasteiger partial charge in [-0.2, -0.15) is 21.6 Å². The molecule has 0 heterocycles. The van der Waals surface area contributed by atoms with Crippen LogP contribution in [0.2, 0.25) is 0 Å². The van der Waals surface area contributed by atoms with E-state index in [1.807, 2.05) is 0 Å². The maximum atomic E-state index is 11.9. The average molecular weight is 334 g/mol. The van der Waals surface area contributed by atoms with Gasteiger partial charge >= 0.3 is 21.6 Å². The molecule has 0 aromatic rings. The first-order valence-corrected chi connectivity index (χ1v) is 8.25. The zero-order chi connectivity index (χ0) is 16.4. The maximum absolute atomic E-state index is 11.9. The number of hydrogen-bond acceptors (Lipinski definition) is 4. The van der Waals surface area contributed by atoms with Gasteiger partial charge in [-0.15, -0.1) is 0 Å². The topological polar surface area (TPSA) is 80.7 Å². The fourth-order valence-corrected chi connectivity index (χ4v) is 2.15. The summed E-state index contributed by atoms with van der Waals surface area (Å²) < 4.78 is 60.7. The minimum Gasteiger partial charge on any atom is -0.481 e. The van der Waals surface area contributed by atoms with E-state index in [1.165, 1.54) is 0 Å². The summed E-state index contributed by atoms with van der Waals surface area (Å²) in [5, 5.41) is 8.42. The average Bonchev–Trinajstić information content (AvgIpc) is 2.34. The van der Waals surface area contributed by atoms with Gasteiger partial charge in [0.05, 0.1) is 6.61 Å². The Morgan fingerprint density at radius 2 is 1.33 bits per heavy atom. The molecule has 0 rings (SSSR count). The highest BCUT2D eigenvalue weighted by atomic mass is 32.2. The zero-order valence-electron chi connectivity index (χ0n) is 11.7. The Morgan fingerprint density at radius 1 is 0.905 bits per heavy atom. The SMILES string of the molecule is O=C(O)CCCCCCCCCCOS(=O)(=O)C(F)(F)F. The van der Waals surface area contributed by atoms with Crippen molar-refractivity contribution in [1.29, 1.82) is 0 Å². The van der Waals surface area contributed by atoms with Crippen molar-refractivity contribution in [3.8, 4) is 0 Å². The molecule has 126 valence electrons. The van der Waals surface area contributed by atoms with E-state index in [1.54, 1.807) is 0 Å². The second-order valence-electron chi connectivity index (χ2n) is 4.69. The summed E-state index contributed by atoms with van der Waals surface area (Å²) in [6, 6.07) is 0. The predicted octanol–water partition coefficient (Wildman–Crippen LogP) is 3.45. The lowest BCUT2D eigenvalue weighted by atomic mass is 10.1. The van der Waals surface area contributed by atoms with E-state index in [0.29, 0.717) is 12.8 Å². The first-order chi connectivity index (χ1) is 9.67. The van der Waals surface area contributed by atoms with E-state index in [4.69, 9.17) is 5.11 Å². The molecule has 0 fully saturated rings. The molecule has 9 heteroatoms. The van der Waals surface area contributed by atoms with Crippen LogP contribution in [-0.4, -0.2) is 31.6 Å². The number of alkyl halides is 3. The van der Waals surface area contributed by atoms with Crippen LogP contribution in [0.25, 0.3) is 0 Å². The summed E-state index contributed by atoms with van der Waals surface area (Å²) in [4.78, 5) is 10.2. The molecule has 0 aromatic carbocycles. The van der Waals surface area contributed by atoms with E-state index < -0.39 is 28.2 Å². The molecule has 0 atom stereocenters. The van der Waals surface area contributed by atoms with Gasteiger partial charge in [0.1, 0.15) is 0 Å². The van der Waals surface area contributed by atoms with Crippen molar-refractivity contribution >= 4 is 16.1 Å². The van der Waals surface area contributed by atoms with Crippen LogP contribution in [0.1, 0.15) is 57.8 Å². The third-order valence-electron chi connectivity index (χ3n) is 2.81. The van der Waals surface area contributed by atoms with E-state index in [-0.39, 0.29) is 12.8 Å². The van der Waals surface area contributed by atoms with Crippen molar-refractivity contribution in [1.82, 2.24) is 0 Å². The molecular weight excluding hydrogens is 313 g/mol. The molecule has 0 aliphatic carbocycles. The molecule has 0 spiro atoms. The Bertz CT molecular complexity index is 392. The monoisotopic (exact) mass is 334 g/mol. The first-order valence-electron chi connectivity index (χ1n) is 6.84. The molecule has 0 aromatic heterocycles. The summed E-state index contributed by atoms with van der Waals surface area (Å²) in [6.07, 6.45) is 6.06. The number of rotatable bonds is 12. The van der Waals surface area contributed by atoms with Crippen molar-refractivity contribution in [3.63, 3.8) is 0 Å². The summed E-state index contributed by atoms with van der Waals surface area (Å²) in [5.41, 5.74) is -5.36. The van der Waals surface area contributed by atoms with E-state index in [2.05, 4.69) is 4.18 Å². The first kappa shape index (κ1) is 20.2. The molecule has 0 amide bonds. The lowest BCUT2D eigenvalue weighted by Crippen LogP contribution is -2.25. The van der Waals surface area contributed by atoms with Gasteiger partial charge in [-0.1, -0.05) is 38.5 Å². The molecule has 0 unspecified atom stereocenters. The zero-order valence-corrected chi connectivity index (χ0v) is 12.5. The van der Waals surface area contributed by atoms with Crippen molar-refractivity contribution in [2.45, 2.75) is 63.3 Å². The van der Waals surface area contributed by atoms with E-state index in [0.717, 1.165) is 32.1 Å². The summed E-state index contributed by atoms with van der Waals surface area (Å²) in [7, 11) is -5.46. The van der Waals surface area contributed by atoms with Gasteiger partial charge in [-0.3, -0.25) is 8.98 Å². The van der Waals surface area contributed by atoms with Crippen molar-refractivity contribution < 1.29 is 35.7 Å². The Balaban J connectivity index is 3.40. The fraction of sp³-hybridized carbons (Fsp3) is 0.917. The van der Waals surface area contributed by atoms with Crippen LogP contribution < -0.4 is 0 Å². The highest BCUT2D eigenvalue weighted by Gasteiger charge is 2.47. The molecule has 21 heavy (non-hydrogen) atoms. The minimum atomic E-state index is -5.46. The van der Waals surface area contributed by atoms with Gasteiger partial charge in [0.15, 0.2) is 0 Å². The third-order valence-corrected chi connectivity index (χ3v) is 3.85. The number of unbranched alkanes of at least 4 members (excludes halogenated alkanes) is 7. The normalized spacial score (nSPS) is 12.5. The summed E-state index contributed by atoms with van der Waals surface area (Å²) in [5.74, 6) is -0.802. The largest absolute Gasteiger partial charge is 0.523 e. The number of carbonyl (C=O) groups is 1. The molecule has 0 saturated heterocycles. The summed E-state index contributed by atoms with van der Waals surface area (Å²) in [6.45, 7) is -0.458. The van der Waals surface area contributed by atoms with Crippen LogP contribution in [0.5, 0.6) is 0 Å². The van der Waals surface area contributed by atoms with Crippen LogP contribution in [0.3, 0.4) is 0 Å². The van der Waals surface area contributed by atoms with Gasteiger partial charge in [-0.05, 0) is 12.8 Å². The summed E-state index contributed by atoms with van der Waals surface area (Å²) >= 11 is 0. The number of hydrogen-bond donors (Lipinski definition) is 1. The van der Waals surface area contributed by atoms with Crippen molar-refractivity contribution in [2.24, 2.45) is 0 Å². The Labute approximate surface area is 122 Å². The van der Waals surface area contributed by atoms with Crippen LogP contribution in [-0.2, 0) is 19.1 Å². The standard InChI is InChI=1S/C12H21F3O5S/c13-12(14,15)21(18,19)20-10-8-6-4-2-1-3-5-7-9-11(16)17/h1-10H2,(H,16,17). The molecule has 0 aliphatic rings. The number of aliphatic carboxylic acids is 1. The molecule has 1 N–H and O–H groups in total. The lowest BCUT2D eigenvalue weighted by molar-refractivity contribution is -0.137. The quantitative estimate of drug-likeness (QED) is 0.336. The second kappa shape index (κ2) is 9.99. The lowest BCUT2D eigenvalue weighted by Gasteiger charge is -2.08. The molecule has 0 aliphatic heterocycles. The molecule has 0 bridgehead atoms. The van der Waals surface area contributed by atoms with Gasteiger partial charge in [-0.25, -0.2) is 0 Å². The highest BCUT2D eigenvalue weighted by molar-refractivity contribution is 7.87. The van der Waals surface area contributed by atoms with Crippen LogP contribution in [0.15, 0.2) is 0 Å². The van der Waals surface area contributed by atoms with Crippen LogP contribution in [0.4, 0.5) is 13.2 Å². The second-order valence-corrected chi connectivity index (χ2v) is 6.30. The minimum absolute atomic E-state index is 0.172.